The highest BCUT2D eigenvalue weighted by atomic mass is 79.9. The molecule has 0 unspecified atom stereocenters. The Morgan fingerprint density at radius 3 is 2.56 bits per heavy atom. The van der Waals surface area contributed by atoms with Crippen LogP contribution >= 0.6 is 15.9 Å². The Bertz CT molecular complexity index is 504. The third-order valence-electron chi connectivity index (χ3n) is 1.88. The molecule has 1 aromatic carbocycles. The molecule has 5 N–H and O–H groups in total. The van der Waals surface area contributed by atoms with Crippen LogP contribution in [0.15, 0.2) is 22.7 Å². The molecule has 0 heterocycles. The first-order valence-corrected chi connectivity index (χ1v) is 5.55. The number of carboxylic acid groups (broad SMARTS) is 1. The van der Waals surface area contributed by atoms with Crippen LogP contribution < -0.4 is 16.4 Å². The van der Waals surface area contributed by atoms with Crippen LogP contribution in [0.4, 0.5) is 10.5 Å². The number of urea groups is 1. The normalized spacial score (nSPS) is 9.61. The lowest BCUT2D eigenvalue weighted by atomic mass is 10.2. The van der Waals surface area contributed by atoms with Crippen LogP contribution in [0.25, 0.3) is 0 Å². The van der Waals surface area contributed by atoms with Gasteiger partial charge in [0.15, 0.2) is 0 Å². The molecule has 0 aromatic heterocycles. The van der Waals surface area contributed by atoms with Gasteiger partial charge in [0.1, 0.15) is 0 Å². The van der Waals surface area contributed by atoms with E-state index >= 15 is 0 Å². The van der Waals surface area contributed by atoms with Crippen molar-refractivity contribution in [3.8, 4) is 0 Å². The molecule has 0 aliphatic carbocycles. The third-order valence-corrected chi connectivity index (χ3v) is 2.38. The van der Waals surface area contributed by atoms with Crippen LogP contribution in [-0.4, -0.2) is 29.6 Å². The number of anilines is 1. The van der Waals surface area contributed by atoms with Crippen molar-refractivity contribution in [2.24, 2.45) is 5.73 Å². The van der Waals surface area contributed by atoms with E-state index in [1.807, 2.05) is 0 Å². The van der Waals surface area contributed by atoms with Crippen LogP contribution in [-0.2, 0) is 4.79 Å². The molecule has 0 spiro atoms. The maximum absolute atomic E-state index is 11.3. The quantitative estimate of drug-likeness (QED) is 0.655. The van der Waals surface area contributed by atoms with Crippen molar-refractivity contribution in [2.45, 2.75) is 0 Å². The van der Waals surface area contributed by atoms with E-state index in [1.165, 1.54) is 12.1 Å². The van der Waals surface area contributed by atoms with Gasteiger partial charge in [-0.1, -0.05) is 15.9 Å². The Morgan fingerprint density at radius 2 is 2.00 bits per heavy atom. The number of hydrogen-bond acceptors (Lipinski definition) is 3. The second-order valence-corrected chi connectivity index (χ2v) is 4.18. The largest absolute Gasteiger partial charge is 0.478 e. The van der Waals surface area contributed by atoms with E-state index < -0.39 is 17.9 Å². The smallest absolute Gasteiger partial charge is 0.337 e. The first-order valence-electron chi connectivity index (χ1n) is 4.76. The number of carboxylic acids is 1. The van der Waals surface area contributed by atoms with E-state index in [-0.39, 0.29) is 17.8 Å². The summed E-state index contributed by atoms with van der Waals surface area (Å²) in [5.74, 6) is -1.87. The number of rotatable bonds is 4. The summed E-state index contributed by atoms with van der Waals surface area (Å²) < 4.78 is 0.572. The fourth-order valence-corrected chi connectivity index (χ4v) is 1.50. The molecule has 0 saturated heterocycles. The third kappa shape index (κ3) is 4.06. The molecule has 1 aromatic rings. The summed E-state index contributed by atoms with van der Waals surface area (Å²) in [6.45, 7) is -0.329. The second-order valence-electron chi connectivity index (χ2n) is 3.27. The minimum atomic E-state index is -1.18. The zero-order chi connectivity index (χ0) is 13.7. The summed E-state index contributed by atoms with van der Waals surface area (Å²) in [4.78, 5) is 32.8. The van der Waals surface area contributed by atoms with Gasteiger partial charge in [-0.15, -0.1) is 0 Å². The maximum atomic E-state index is 11.3. The van der Waals surface area contributed by atoms with Gasteiger partial charge in [-0.25, -0.2) is 9.59 Å². The molecule has 3 amide bonds. The van der Waals surface area contributed by atoms with Gasteiger partial charge >= 0.3 is 12.0 Å². The van der Waals surface area contributed by atoms with E-state index in [2.05, 4.69) is 26.6 Å². The Kier molecular flexibility index (Phi) is 4.67. The lowest BCUT2D eigenvalue weighted by Gasteiger charge is -2.09. The van der Waals surface area contributed by atoms with Crippen LogP contribution in [0.2, 0.25) is 0 Å². The van der Waals surface area contributed by atoms with Crippen molar-refractivity contribution in [2.75, 3.05) is 11.9 Å². The van der Waals surface area contributed by atoms with Crippen molar-refractivity contribution in [1.29, 1.82) is 0 Å². The molecule has 7 nitrogen and oxygen atoms in total. The fraction of sp³-hybridized carbons (Fsp3) is 0.100. The number of nitrogens with two attached hydrogens (primary N) is 1. The number of nitrogens with one attached hydrogen (secondary N) is 2. The maximum Gasteiger partial charge on any atom is 0.337 e. The summed E-state index contributed by atoms with van der Waals surface area (Å²) >= 11 is 3.13. The molecule has 8 heteroatoms. The number of aromatic carboxylic acids is 1. The first kappa shape index (κ1) is 14.0. The molecule has 0 atom stereocenters. The molecule has 0 aliphatic rings. The van der Waals surface area contributed by atoms with Crippen molar-refractivity contribution >= 4 is 39.5 Å². The molecular formula is C10H10BrN3O4. The topological polar surface area (TPSA) is 122 Å². The van der Waals surface area contributed by atoms with E-state index in [1.54, 1.807) is 6.07 Å². The number of carbonyl (C=O) groups is 3. The molecule has 0 radical (unpaired) electrons. The Balaban J connectivity index is 2.81. The van der Waals surface area contributed by atoms with E-state index in [9.17, 15) is 14.4 Å². The number of amides is 3. The Hall–Kier alpha value is -2.09. The van der Waals surface area contributed by atoms with Gasteiger partial charge in [-0.2, -0.15) is 0 Å². The fourth-order valence-electron chi connectivity index (χ4n) is 1.14. The van der Waals surface area contributed by atoms with Gasteiger partial charge in [-0.05, 0) is 18.2 Å². The van der Waals surface area contributed by atoms with Crippen LogP contribution in [0.5, 0.6) is 0 Å². The van der Waals surface area contributed by atoms with E-state index in [0.29, 0.717) is 4.47 Å². The molecule has 0 bridgehead atoms. The van der Waals surface area contributed by atoms with Gasteiger partial charge in [-0.3, -0.25) is 4.79 Å². The zero-order valence-corrected chi connectivity index (χ0v) is 10.7. The first-order chi connectivity index (χ1) is 8.40. The summed E-state index contributed by atoms with van der Waals surface area (Å²) in [6.07, 6.45) is 0. The highest BCUT2D eigenvalue weighted by Crippen LogP contribution is 2.20. The predicted octanol–water partition coefficient (Wildman–Crippen LogP) is 0.754. The average Bonchev–Trinajstić information content (AvgIpc) is 2.28. The van der Waals surface area contributed by atoms with Crippen LogP contribution in [0.3, 0.4) is 0 Å². The lowest BCUT2D eigenvalue weighted by molar-refractivity contribution is -0.117. The molecular weight excluding hydrogens is 306 g/mol. The number of benzene rings is 1. The minimum Gasteiger partial charge on any atom is -0.478 e. The molecule has 0 fully saturated rings. The van der Waals surface area contributed by atoms with Crippen molar-refractivity contribution < 1.29 is 19.5 Å². The Morgan fingerprint density at radius 1 is 1.33 bits per heavy atom. The van der Waals surface area contributed by atoms with Gasteiger partial charge in [0.05, 0.1) is 17.8 Å². The van der Waals surface area contributed by atoms with Crippen molar-refractivity contribution in [3.05, 3.63) is 28.2 Å². The standard InChI is InChI=1S/C10H10BrN3O4/c11-5-1-2-7(6(3-5)9(16)17)14-10(18)13-4-8(12)15/h1-3H,4H2,(H2,12,15)(H,16,17)(H2,13,14,18). The number of primary amides is 1. The number of carbonyl (C=O) groups excluding carboxylic acids is 2. The summed E-state index contributed by atoms with van der Waals surface area (Å²) in [6, 6.07) is 3.65. The van der Waals surface area contributed by atoms with E-state index in [0.717, 1.165) is 0 Å². The second kappa shape index (κ2) is 6.01. The van der Waals surface area contributed by atoms with Gasteiger partial charge in [0.2, 0.25) is 5.91 Å². The lowest BCUT2D eigenvalue weighted by Crippen LogP contribution is -2.36. The molecule has 96 valence electrons. The van der Waals surface area contributed by atoms with Crippen molar-refractivity contribution in [1.82, 2.24) is 5.32 Å². The summed E-state index contributed by atoms with van der Waals surface area (Å²) in [5, 5.41) is 13.5. The Labute approximate surface area is 110 Å². The summed E-state index contributed by atoms with van der Waals surface area (Å²) in [7, 11) is 0. The average molecular weight is 316 g/mol. The summed E-state index contributed by atoms with van der Waals surface area (Å²) in [5.41, 5.74) is 4.90. The highest BCUT2D eigenvalue weighted by molar-refractivity contribution is 9.10. The van der Waals surface area contributed by atoms with Crippen molar-refractivity contribution in [3.63, 3.8) is 0 Å². The van der Waals surface area contributed by atoms with Crippen LogP contribution in [0, 0.1) is 0 Å². The molecule has 0 aliphatic heterocycles. The monoisotopic (exact) mass is 315 g/mol. The number of hydrogen-bond donors (Lipinski definition) is 4. The number of halogens is 1. The van der Waals surface area contributed by atoms with Gasteiger partial charge in [0.25, 0.3) is 0 Å². The van der Waals surface area contributed by atoms with Crippen LogP contribution in [0.1, 0.15) is 10.4 Å². The highest BCUT2D eigenvalue weighted by Gasteiger charge is 2.13. The zero-order valence-electron chi connectivity index (χ0n) is 9.07. The van der Waals surface area contributed by atoms with E-state index in [4.69, 9.17) is 10.8 Å². The molecule has 0 saturated carbocycles. The minimum absolute atomic E-state index is 0.0707. The molecule has 1 rings (SSSR count). The van der Waals surface area contributed by atoms with Gasteiger partial charge < -0.3 is 21.5 Å². The SMILES string of the molecule is NC(=O)CNC(=O)Nc1ccc(Br)cc1C(=O)O. The van der Waals surface area contributed by atoms with Gasteiger partial charge in [0, 0.05) is 4.47 Å². The molecule has 18 heavy (non-hydrogen) atoms. The predicted molar refractivity (Wildman–Crippen MR) is 67.3 cm³/mol.